The molecule has 0 aliphatic heterocycles. The largest absolute Gasteiger partial charge is 0.268 e. The normalized spacial score (nSPS) is 18.5. The van der Waals surface area contributed by atoms with Crippen LogP contribution >= 0.6 is 0 Å². The topological polar surface area (TPSA) is 41.6 Å². The van der Waals surface area contributed by atoms with E-state index in [1.807, 2.05) is 10.9 Å². The Labute approximate surface area is 103 Å². The van der Waals surface area contributed by atoms with E-state index in [1.165, 1.54) is 31.2 Å². The second-order valence-corrected chi connectivity index (χ2v) is 5.38. The first-order valence-electron chi connectivity index (χ1n) is 6.63. The van der Waals surface area contributed by atoms with Crippen molar-refractivity contribution in [1.29, 1.82) is 5.26 Å². The molecule has 0 amide bonds. The molecule has 0 spiro atoms. The molecule has 0 N–H and O–H groups in total. The zero-order chi connectivity index (χ0) is 12.3. The summed E-state index contributed by atoms with van der Waals surface area (Å²) in [6.45, 7) is 4.35. The van der Waals surface area contributed by atoms with Crippen molar-refractivity contribution in [2.45, 2.75) is 57.9 Å². The maximum atomic E-state index is 8.98. The lowest BCUT2D eigenvalue weighted by molar-refractivity contribution is 0.314. The molecule has 0 radical (unpaired) electrons. The highest BCUT2D eigenvalue weighted by molar-refractivity contribution is 5.09. The summed E-state index contributed by atoms with van der Waals surface area (Å²) in [6.07, 6.45) is 9.79. The Kier molecular flexibility index (Phi) is 3.83. The second-order valence-electron chi connectivity index (χ2n) is 5.38. The first-order valence-corrected chi connectivity index (χ1v) is 6.63. The summed E-state index contributed by atoms with van der Waals surface area (Å²) in [6, 6.07) is 2.61. The van der Waals surface area contributed by atoms with Gasteiger partial charge in [0.25, 0.3) is 0 Å². The number of aromatic nitrogens is 2. The number of nitrogens with zero attached hydrogens (tertiary/aromatic N) is 3. The Morgan fingerprint density at radius 3 is 2.71 bits per heavy atom. The third-order valence-corrected chi connectivity index (χ3v) is 3.87. The summed E-state index contributed by atoms with van der Waals surface area (Å²) in [5, 5.41) is 13.4. The molecule has 2 rings (SSSR count). The average molecular weight is 231 g/mol. The second kappa shape index (κ2) is 5.35. The van der Waals surface area contributed by atoms with Gasteiger partial charge in [-0.25, -0.2) is 0 Å². The van der Waals surface area contributed by atoms with Crippen molar-refractivity contribution in [3.05, 3.63) is 18.0 Å². The van der Waals surface area contributed by atoms with E-state index in [2.05, 4.69) is 31.2 Å². The van der Waals surface area contributed by atoms with Gasteiger partial charge < -0.3 is 0 Å². The molecule has 1 saturated carbocycles. The van der Waals surface area contributed by atoms with Gasteiger partial charge in [0.15, 0.2) is 0 Å². The summed E-state index contributed by atoms with van der Waals surface area (Å²) in [5.41, 5.74) is 1.27. The molecule has 92 valence electrons. The Hall–Kier alpha value is -1.30. The minimum absolute atomic E-state index is 0.287. The summed E-state index contributed by atoms with van der Waals surface area (Å²) < 4.78 is 2.04. The summed E-state index contributed by atoms with van der Waals surface area (Å²) in [7, 11) is 0. The van der Waals surface area contributed by atoms with Crippen molar-refractivity contribution < 1.29 is 0 Å². The molecule has 17 heavy (non-hydrogen) atoms. The van der Waals surface area contributed by atoms with Gasteiger partial charge in [-0.15, -0.1) is 0 Å². The van der Waals surface area contributed by atoms with E-state index in [-0.39, 0.29) is 6.04 Å². The van der Waals surface area contributed by atoms with E-state index in [1.54, 1.807) is 0 Å². The van der Waals surface area contributed by atoms with Crippen LogP contribution in [-0.2, 0) is 0 Å². The van der Waals surface area contributed by atoms with Crippen LogP contribution in [0.5, 0.6) is 0 Å². The molecule has 1 atom stereocenters. The lowest BCUT2D eigenvalue weighted by atomic mass is 9.96. The molecule has 1 fully saturated rings. The van der Waals surface area contributed by atoms with Crippen LogP contribution in [0.1, 0.15) is 63.5 Å². The SMILES string of the molecule is CC(C)c1cnn([C@H](CC#N)C2CCCC2)c1. The molecule has 1 aromatic rings. The first kappa shape index (κ1) is 12.2. The van der Waals surface area contributed by atoms with Gasteiger partial charge in [-0.1, -0.05) is 26.7 Å². The summed E-state index contributed by atoms with van der Waals surface area (Å²) in [5.74, 6) is 1.16. The monoisotopic (exact) mass is 231 g/mol. The van der Waals surface area contributed by atoms with Gasteiger partial charge in [-0.05, 0) is 30.2 Å². The summed E-state index contributed by atoms with van der Waals surface area (Å²) in [4.78, 5) is 0. The minimum Gasteiger partial charge on any atom is -0.268 e. The molecule has 0 saturated heterocycles. The van der Waals surface area contributed by atoms with Gasteiger partial charge in [0.2, 0.25) is 0 Å². The van der Waals surface area contributed by atoms with Crippen molar-refractivity contribution >= 4 is 0 Å². The van der Waals surface area contributed by atoms with Crippen molar-refractivity contribution in [2.75, 3.05) is 0 Å². The van der Waals surface area contributed by atoms with E-state index in [0.29, 0.717) is 18.3 Å². The van der Waals surface area contributed by atoms with Gasteiger partial charge in [0, 0.05) is 6.20 Å². The Morgan fingerprint density at radius 1 is 1.47 bits per heavy atom. The molecule has 3 heteroatoms. The van der Waals surface area contributed by atoms with Gasteiger partial charge in [-0.2, -0.15) is 10.4 Å². The lowest BCUT2D eigenvalue weighted by Gasteiger charge is -2.21. The van der Waals surface area contributed by atoms with E-state index in [4.69, 9.17) is 5.26 Å². The highest BCUT2D eigenvalue weighted by Gasteiger charge is 2.26. The zero-order valence-corrected chi connectivity index (χ0v) is 10.8. The van der Waals surface area contributed by atoms with E-state index in [9.17, 15) is 0 Å². The van der Waals surface area contributed by atoms with Gasteiger partial charge >= 0.3 is 0 Å². The molecule has 1 heterocycles. The van der Waals surface area contributed by atoms with Crippen LogP contribution in [0.4, 0.5) is 0 Å². The highest BCUT2D eigenvalue weighted by atomic mass is 15.3. The predicted molar refractivity (Wildman–Crippen MR) is 67.5 cm³/mol. The van der Waals surface area contributed by atoms with Crippen LogP contribution in [0.2, 0.25) is 0 Å². The number of rotatable bonds is 4. The van der Waals surface area contributed by atoms with Gasteiger partial charge in [-0.3, -0.25) is 4.68 Å². The van der Waals surface area contributed by atoms with Crippen LogP contribution in [0.3, 0.4) is 0 Å². The van der Waals surface area contributed by atoms with Crippen LogP contribution < -0.4 is 0 Å². The van der Waals surface area contributed by atoms with E-state index >= 15 is 0 Å². The molecule has 1 aromatic heterocycles. The standard InChI is InChI=1S/C14H21N3/c1-11(2)13-9-16-17(10-13)14(7-8-15)12-5-3-4-6-12/h9-12,14H,3-7H2,1-2H3/t14-/m1/s1. The number of hydrogen-bond donors (Lipinski definition) is 0. The van der Waals surface area contributed by atoms with E-state index in [0.717, 1.165) is 0 Å². The Morgan fingerprint density at radius 2 is 2.18 bits per heavy atom. The molecule has 0 aromatic carbocycles. The van der Waals surface area contributed by atoms with E-state index < -0.39 is 0 Å². The molecule has 0 bridgehead atoms. The number of hydrogen-bond acceptors (Lipinski definition) is 2. The molecule has 3 nitrogen and oxygen atoms in total. The molecular formula is C14H21N3. The third kappa shape index (κ3) is 2.69. The quantitative estimate of drug-likeness (QED) is 0.793. The van der Waals surface area contributed by atoms with Gasteiger partial charge in [0.1, 0.15) is 0 Å². The molecule has 0 unspecified atom stereocenters. The maximum absolute atomic E-state index is 8.98. The van der Waals surface area contributed by atoms with Gasteiger partial charge in [0.05, 0.1) is 24.7 Å². The third-order valence-electron chi connectivity index (χ3n) is 3.87. The van der Waals surface area contributed by atoms with Crippen molar-refractivity contribution in [3.8, 4) is 6.07 Å². The van der Waals surface area contributed by atoms with Crippen LogP contribution in [0, 0.1) is 17.2 Å². The first-order chi connectivity index (χ1) is 8.22. The van der Waals surface area contributed by atoms with Crippen molar-refractivity contribution in [2.24, 2.45) is 5.92 Å². The molecular weight excluding hydrogens is 210 g/mol. The van der Waals surface area contributed by atoms with Crippen molar-refractivity contribution in [3.63, 3.8) is 0 Å². The fourth-order valence-electron chi connectivity index (χ4n) is 2.74. The average Bonchev–Trinajstić information content (AvgIpc) is 2.97. The Balaban J connectivity index is 2.16. The smallest absolute Gasteiger partial charge is 0.0677 e. The molecule has 1 aliphatic rings. The van der Waals surface area contributed by atoms with Crippen LogP contribution in [-0.4, -0.2) is 9.78 Å². The predicted octanol–water partition coefficient (Wildman–Crippen LogP) is 3.65. The maximum Gasteiger partial charge on any atom is 0.0677 e. The highest BCUT2D eigenvalue weighted by Crippen LogP contribution is 2.36. The summed E-state index contributed by atoms with van der Waals surface area (Å²) >= 11 is 0. The van der Waals surface area contributed by atoms with Crippen molar-refractivity contribution in [1.82, 2.24) is 9.78 Å². The number of nitriles is 1. The Bertz CT molecular complexity index is 394. The van der Waals surface area contributed by atoms with Crippen LogP contribution in [0.25, 0.3) is 0 Å². The lowest BCUT2D eigenvalue weighted by Crippen LogP contribution is -2.17. The van der Waals surface area contributed by atoms with Crippen LogP contribution in [0.15, 0.2) is 12.4 Å². The fourth-order valence-corrected chi connectivity index (χ4v) is 2.74. The molecule has 1 aliphatic carbocycles. The fraction of sp³-hybridized carbons (Fsp3) is 0.714. The minimum atomic E-state index is 0.287. The zero-order valence-electron chi connectivity index (χ0n) is 10.8.